The molecule has 1 aliphatic heterocycles. The second-order valence-electron chi connectivity index (χ2n) is 2.74. The van der Waals surface area contributed by atoms with Crippen molar-refractivity contribution in [1.82, 2.24) is 0 Å². The second kappa shape index (κ2) is 4.01. The predicted octanol–water partition coefficient (Wildman–Crippen LogP) is -2.01. The zero-order chi connectivity index (χ0) is 10.7. The highest BCUT2D eigenvalue weighted by molar-refractivity contribution is 5.66. The first-order valence-electron chi connectivity index (χ1n) is 4.41. The van der Waals surface area contributed by atoms with Crippen LogP contribution in [-0.2, 0) is 14.3 Å². The van der Waals surface area contributed by atoms with Crippen LogP contribution in [0.2, 0.25) is 0 Å². The third-order valence-electron chi connectivity index (χ3n) is 1.72. The summed E-state index contributed by atoms with van der Waals surface area (Å²) in [6.07, 6.45) is -5.41. The number of carbonyl (C=O) groups excluding carboxylic acids is 1. The Hall–Kier alpha value is -0.690. The zero-order valence-corrected chi connectivity index (χ0v) is 6.79. The van der Waals surface area contributed by atoms with Crippen molar-refractivity contribution in [2.75, 3.05) is 6.61 Å². The summed E-state index contributed by atoms with van der Waals surface area (Å²) < 4.78 is 15.8. The van der Waals surface area contributed by atoms with Gasteiger partial charge in [0.15, 0.2) is 12.4 Å². The number of esters is 1. The van der Waals surface area contributed by atoms with Crippen LogP contribution in [-0.4, -0.2) is 52.5 Å². The second-order valence-corrected chi connectivity index (χ2v) is 2.74. The number of hydrogen-bond acceptors (Lipinski definition) is 6. The normalized spacial score (nSPS) is 41.0. The van der Waals surface area contributed by atoms with Crippen LogP contribution in [0.15, 0.2) is 0 Å². The molecule has 1 aliphatic rings. The fraction of sp³-hybridized carbons (Fsp3) is 0.857. The minimum Gasteiger partial charge on any atom is -0.454 e. The highest BCUT2D eigenvalue weighted by atomic mass is 16.7. The molecule has 0 aliphatic carbocycles. The van der Waals surface area contributed by atoms with E-state index >= 15 is 0 Å². The fourth-order valence-electron chi connectivity index (χ4n) is 1.06. The van der Waals surface area contributed by atoms with Gasteiger partial charge in [0.2, 0.25) is 0 Å². The summed E-state index contributed by atoms with van der Waals surface area (Å²) in [5.41, 5.74) is 0. The quantitative estimate of drug-likeness (QED) is 0.416. The third kappa shape index (κ3) is 2.38. The van der Waals surface area contributed by atoms with Gasteiger partial charge < -0.3 is 24.8 Å². The van der Waals surface area contributed by atoms with Crippen molar-refractivity contribution in [3.05, 3.63) is 0 Å². The summed E-state index contributed by atoms with van der Waals surface area (Å²) in [4.78, 5) is 10.7. The number of aliphatic hydroxyl groups is 3. The molecule has 0 aromatic carbocycles. The molecule has 6 nitrogen and oxygen atoms in total. The SMILES string of the molecule is [2H]CC(=O)O[C@@H]1C(O)OC[C@@H](O)[C@H]1O. The van der Waals surface area contributed by atoms with E-state index in [4.69, 9.17) is 11.6 Å². The lowest BCUT2D eigenvalue weighted by molar-refractivity contribution is -0.259. The lowest BCUT2D eigenvalue weighted by Gasteiger charge is -2.34. The van der Waals surface area contributed by atoms with Gasteiger partial charge >= 0.3 is 5.97 Å². The van der Waals surface area contributed by atoms with Crippen LogP contribution in [0, 0.1) is 0 Å². The molecule has 1 rings (SSSR count). The van der Waals surface area contributed by atoms with Gasteiger partial charge in [-0.3, -0.25) is 4.79 Å². The first-order valence-corrected chi connectivity index (χ1v) is 3.70. The van der Waals surface area contributed by atoms with Crippen LogP contribution in [0.5, 0.6) is 0 Å². The molecule has 1 fully saturated rings. The first kappa shape index (κ1) is 8.89. The third-order valence-corrected chi connectivity index (χ3v) is 1.72. The zero-order valence-electron chi connectivity index (χ0n) is 7.79. The van der Waals surface area contributed by atoms with Crippen LogP contribution in [0.25, 0.3) is 0 Å². The Morgan fingerprint density at radius 1 is 1.62 bits per heavy atom. The minimum atomic E-state index is -1.47. The van der Waals surface area contributed by atoms with Gasteiger partial charge in [-0.1, -0.05) is 0 Å². The first-order chi connectivity index (χ1) is 6.56. The largest absolute Gasteiger partial charge is 0.454 e. The lowest BCUT2D eigenvalue weighted by atomic mass is 10.1. The molecule has 0 radical (unpaired) electrons. The Balaban J connectivity index is 2.58. The van der Waals surface area contributed by atoms with Gasteiger partial charge in [-0.05, 0) is 0 Å². The van der Waals surface area contributed by atoms with Crippen LogP contribution in [0.4, 0.5) is 0 Å². The Morgan fingerprint density at radius 3 is 2.92 bits per heavy atom. The van der Waals surface area contributed by atoms with E-state index in [-0.39, 0.29) is 6.61 Å². The van der Waals surface area contributed by atoms with E-state index in [1.807, 2.05) is 0 Å². The molecule has 0 bridgehead atoms. The Kier molecular flexibility index (Phi) is 2.74. The number of carbonyl (C=O) groups is 1. The van der Waals surface area contributed by atoms with E-state index in [2.05, 4.69) is 9.47 Å². The maximum Gasteiger partial charge on any atom is 0.303 e. The van der Waals surface area contributed by atoms with Gasteiger partial charge in [-0.2, -0.15) is 0 Å². The highest BCUT2D eigenvalue weighted by Gasteiger charge is 2.40. The van der Waals surface area contributed by atoms with Gasteiger partial charge in [-0.15, -0.1) is 0 Å². The molecular weight excluding hydrogens is 180 g/mol. The summed E-state index contributed by atoms with van der Waals surface area (Å²) >= 11 is 0. The molecule has 1 saturated heterocycles. The van der Waals surface area contributed by atoms with E-state index in [9.17, 15) is 9.90 Å². The Labute approximate surface area is 76.1 Å². The van der Waals surface area contributed by atoms with Crippen LogP contribution >= 0.6 is 0 Å². The van der Waals surface area contributed by atoms with E-state index in [1.165, 1.54) is 0 Å². The average Bonchev–Trinajstić information content (AvgIpc) is 2.18. The topological polar surface area (TPSA) is 96.2 Å². The molecule has 0 aromatic rings. The number of ether oxygens (including phenoxy) is 2. The molecule has 76 valence electrons. The molecule has 4 atom stereocenters. The van der Waals surface area contributed by atoms with Crippen LogP contribution < -0.4 is 0 Å². The fourth-order valence-corrected chi connectivity index (χ4v) is 1.06. The summed E-state index contributed by atoms with van der Waals surface area (Å²) in [5, 5.41) is 27.6. The summed E-state index contributed by atoms with van der Waals surface area (Å²) in [7, 11) is 0. The van der Waals surface area contributed by atoms with Crippen molar-refractivity contribution in [3.63, 3.8) is 0 Å². The van der Waals surface area contributed by atoms with Crippen LogP contribution in [0.3, 0.4) is 0 Å². The van der Waals surface area contributed by atoms with E-state index in [1.54, 1.807) is 0 Å². The minimum absolute atomic E-state index is 0.225. The summed E-state index contributed by atoms with van der Waals surface area (Å²) in [5.74, 6) is -0.897. The van der Waals surface area contributed by atoms with Crippen molar-refractivity contribution in [1.29, 1.82) is 0 Å². The monoisotopic (exact) mass is 193 g/mol. The van der Waals surface area contributed by atoms with E-state index in [0.29, 0.717) is 0 Å². The summed E-state index contributed by atoms with van der Waals surface area (Å²) in [6, 6.07) is 0. The molecule has 0 spiro atoms. The number of rotatable bonds is 1. The van der Waals surface area contributed by atoms with Gasteiger partial charge in [0.05, 0.1) is 6.61 Å². The predicted molar refractivity (Wildman–Crippen MR) is 39.5 cm³/mol. The average molecular weight is 193 g/mol. The van der Waals surface area contributed by atoms with Crippen molar-refractivity contribution < 1.29 is 31.0 Å². The van der Waals surface area contributed by atoms with Crippen molar-refractivity contribution >= 4 is 5.97 Å². The van der Waals surface area contributed by atoms with Crippen molar-refractivity contribution in [2.45, 2.75) is 31.5 Å². The molecule has 6 heteroatoms. The van der Waals surface area contributed by atoms with Gasteiger partial charge in [0.1, 0.15) is 12.2 Å². The molecule has 1 unspecified atom stereocenters. The molecular formula is C7H12O6. The van der Waals surface area contributed by atoms with Gasteiger partial charge in [-0.25, -0.2) is 0 Å². The van der Waals surface area contributed by atoms with Crippen molar-refractivity contribution in [3.8, 4) is 0 Å². The lowest BCUT2D eigenvalue weighted by Crippen LogP contribution is -2.54. The molecule has 0 aromatic heterocycles. The van der Waals surface area contributed by atoms with Gasteiger partial charge in [0.25, 0.3) is 0 Å². The maximum atomic E-state index is 10.7. The van der Waals surface area contributed by atoms with E-state index in [0.717, 1.165) is 0 Å². The molecule has 0 saturated carbocycles. The molecule has 1 heterocycles. The molecule has 3 N–H and O–H groups in total. The summed E-state index contributed by atoms with van der Waals surface area (Å²) in [6.45, 7) is -0.844. The van der Waals surface area contributed by atoms with Crippen molar-refractivity contribution in [2.24, 2.45) is 0 Å². The van der Waals surface area contributed by atoms with E-state index < -0.39 is 37.5 Å². The standard InChI is InChI=1S/C7H12O6/c1-3(8)13-6-5(10)4(9)2-12-7(6)11/h4-7,9-11H,2H2,1H3/t4-,5-,6+,7?/m1/s1/i1D. The Morgan fingerprint density at radius 2 is 2.31 bits per heavy atom. The Bertz CT molecular complexity index is 210. The molecule has 13 heavy (non-hydrogen) atoms. The number of hydrogen-bond donors (Lipinski definition) is 3. The maximum absolute atomic E-state index is 10.7. The number of aliphatic hydroxyl groups excluding tert-OH is 3. The molecule has 0 amide bonds. The van der Waals surface area contributed by atoms with Gasteiger partial charge in [0, 0.05) is 8.27 Å². The smallest absolute Gasteiger partial charge is 0.303 e. The van der Waals surface area contributed by atoms with Crippen LogP contribution in [0.1, 0.15) is 8.27 Å². The highest BCUT2D eigenvalue weighted by Crippen LogP contribution is 2.16.